The molecule has 5 rings (SSSR count). The largest absolute Gasteiger partial charge is 0.364 e. The molecule has 2 unspecified atom stereocenters. The van der Waals surface area contributed by atoms with Gasteiger partial charge in [0.05, 0.1) is 31.9 Å². The second kappa shape index (κ2) is 8.65. The van der Waals surface area contributed by atoms with Gasteiger partial charge in [-0.1, -0.05) is 0 Å². The number of aromatic nitrogens is 6. The molecule has 11 heteroatoms. The Kier molecular flexibility index (Phi) is 5.40. The van der Waals surface area contributed by atoms with Crippen LogP contribution in [0.15, 0.2) is 61.6 Å². The lowest BCUT2D eigenvalue weighted by Crippen LogP contribution is -2.64. The molecule has 1 aliphatic rings. The van der Waals surface area contributed by atoms with E-state index in [0.29, 0.717) is 24.6 Å². The minimum Gasteiger partial charge on any atom is -0.364 e. The van der Waals surface area contributed by atoms with Gasteiger partial charge in [-0.15, -0.1) is 0 Å². The Hall–Kier alpha value is -3.96. The Morgan fingerprint density at radius 2 is 2.03 bits per heavy atom. The second-order valence-corrected chi connectivity index (χ2v) is 7.33. The number of aromatic amines is 1. The van der Waals surface area contributed by atoms with E-state index >= 15 is 0 Å². The summed E-state index contributed by atoms with van der Waals surface area (Å²) in [5.41, 5.74) is 2.27. The molecule has 2 N–H and O–H groups in total. The molecule has 0 saturated carbocycles. The van der Waals surface area contributed by atoms with Crippen LogP contribution in [0.3, 0.4) is 0 Å². The van der Waals surface area contributed by atoms with Crippen molar-refractivity contribution in [2.24, 2.45) is 0 Å². The number of ketones is 1. The summed E-state index contributed by atoms with van der Waals surface area (Å²) in [5, 5.41) is 13.3. The van der Waals surface area contributed by atoms with E-state index in [0.717, 1.165) is 16.6 Å². The van der Waals surface area contributed by atoms with E-state index in [-0.39, 0.29) is 11.9 Å². The first-order valence-corrected chi connectivity index (χ1v) is 10.1. The second-order valence-electron chi connectivity index (χ2n) is 7.33. The molecule has 0 bridgehead atoms. The van der Waals surface area contributed by atoms with Crippen molar-refractivity contribution in [1.29, 1.82) is 0 Å². The van der Waals surface area contributed by atoms with Crippen LogP contribution in [0, 0.1) is 0 Å². The average Bonchev–Trinajstić information content (AvgIpc) is 3.32. The number of Topliss-reactive ketones (excluding diaryl/α,β-unsaturated/α-hetero) is 1. The van der Waals surface area contributed by atoms with Crippen LogP contribution in [0.25, 0.3) is 10.9 Å². The predicted molar refractivity (Wildman–Crippen MR) is 117 cm³/mol. The normalized spacial score (nSPS) is 19.2. The molecular formula is C21H21N9O2. The van der Waals surface area contributed by atoms with Gasteiger partial charge in [-0.3, -0.25) is 14.9 Å². The van der Waals surface area contributed by atoms with Crippen molar-refractivity contribution >= 4 is 28.3 Å². The van der Waals surface area contributed by atoms with Crippen LogP contribution in [-0.4, -0.2) is 73.4 Å². The number of nitrogens with zero attached hydrogens (tertiary/aromatic N) is 7. The van der Waals surface area contributed by atoms with Crippen molar-refractivity contribution in [3.05, 3.63) is 67.1 Å². The number of carbonyl (C=O) groups excluding carboxylic acids is 1. The van der Waals surface area contributed by atoms with Gasteiger partial charge in [0, 0.05) is 29.0 Å². The van der Waals surface area contributed by atoms with Crippen LogP contribution in [0.5, 0.6) is 0 Å². The van der Waals surface area contributed by atoms with Crippen molar-refractivity contribution in [2.75, 3.05) is 30.4 Å². The number of piperazine rings is 1. The number of hydroxylamine groups is 2. The van der Waals surface area contributed by atoms with Crippen LogP contribution in [0.1, 0.15) is 10.4 Å². The first-order chi connectivity index (χ1) is 15.7. The number of fused-ring (bicyclic) bond motifs is 1. The zero-order valence-corrected chi connectivity index (χ0v) is 17.3. The quantitative estimate of drug-likeness (QED) is 0.434. The summed E-state index contributed by atoms with van der Waals surface area (Å²) in [6.45, 7) is 0.813. The molecule has 162 valence electrons. The number of pyridine rings is 1. The molecule has 4 aromatic rings. The Labute approximate surface area is 183 Å². The average molecular weight is 431 g/mol. The third-order valence-electron chi connectivity index (χ3n) is 5.42. The summed E-state index contributed by atoms with van der Waals surface area (Å²) in [7, 11) is 1.60. The number of H-pyrrole nitrogens is 1. The fraction of sp³-hybridized carbons (Fsp3) is 0.238. The lowest BCUT2D eigenvalue weighted by atomic mass is 10.0. The van der Waals surface area contributed by atoms with Gasteiger partial charge in [0.2, 0.25) is 5.95 Å². The highest BCUT2D eigenvalue weighted by atomic mass is 16.7. The Morgan fingerprint density at radius 3 is 2.81 bits per heavy atom. The first kappa shape index (κ1) is 20.0. The molecule has 4 heterocycles. The fourth-order valence-corrected chi connectivity index (χ4v) is 3.89. The third kappa shape index (κ3) is 3.86. The molecule has 32 heavy (non-hydrogen) atoms. The van der Waals surface area contributed by atoms with Gasteiger partial charge < -0.3 is 15.1 Å². The molecule has 1 aliphatic heterocycles. The van der Waals surface area contributed by atoms with Gasteiger partial charge in [-0.2, -0.15) is 10.2 Å². The highest BCUT2D eigenvalue weighted by Crippen LogP contribution is 2.26. The summed E-state index contributed by atoms with van der Waals surface area (Å²) in [5.74, 6) is 0.300. The lowest BCUT2D eigenvalue weighted by Gasteiger charge is -2.45. The zero-order valence-electron chi connectivity index (χ0n) is 17.3. The van der Waals surface area contributed by atoms with Gasteiger partial charge in [0.15, 0.2) is 5.78 Å². The molecule has 1 aromatic carbocycles. The van der Waals surface area contributed by atoms with Crippen LogP contribution in [0.2, 0.25) is 0 Å². The highest BCUT2D eigenvalue weighted by Gasteiger charge is 2.41. The van der Waals surface area contributed by atoms with E-state index in [1.807, 2.05) is 23.1 Å². The van der Waals surface area contributed by atoms with E-state index in [2.05, 4.69) is 35.5 Å². The minimum absolute atomic E-state index is 0.101. The molecule has 3 aromatic heterocycles. The van der Waals surface area contributed by atoms with Crippen molar-refractivity contribution in [3.63, 3.8) is 0 Å². The summed E-state index contributed by atoms with van der Waals surface area (Å²) in [6.07, 6.45) is 7.45. The Balaban J connectivity index is 1.53. The minimum atomic E-state index is -0.608. The maximum absolute atomic E-state index is 13.5. The summed E-state index contributed by atoms with van der Waals surface area (Å²) in [4.78, 5) is 37.6. The predicted octanol–water partition coefficient (Wildman–Crippen LogP) is 1.52. The Morgan fingerprint density at radius 1 is 1.16 bits per heavy atom. The van der Waals surface area contributed by atoms with Crippen LogP contribution < -0.4 is 10.2 Å². The maximum atomic E-state index is 13.5. The van der Waals surface area contributed by atoms with Gasteiger partial charge >= 0.3 is 0 Å². The zero-order chi connectivity index (χ0) is 21.9. The van der Waals surface area contributed by atoms with E-state index in [4.69, 9.17) is 4.84 Å². The van der Waals surface area contributed by atoms with Gasteiger partial charge in [0.25, 0.3) is 0 Å². The van der Waals surface area contributed by atoms with E-state index in [1.165, 1.54) is 12.7 Å². The number of benzene rings is 1. The van der Waals surface area contributed by atoms with Crippen molar-refractivity contribution in [1.82, 2.24) is 35.2 Å². The molecule has 2 atom stereocenters. The van der Waals surface area contributed by atoms with E-state index < -0.39 is 6.04 Å². The Bertz CT molecular complexity index is 1200. The molecule has 11 nitrogen and oxygen atoms in total. The molecule has 1 fully saturated rings. The monoisotopic (exact) mass is 431 g/mol. The van der Waals surface area contributed by atoms with E-state index in [1.54, 1.807) is 42.9 Å². The molecule has 0 radical (unpaired) electrons. The third-order valence-corrected chi connectivity index (χ3v) is 5.42. The number of nitrogens with one attached hydrogen (secondary N) is 2. The van der Waals surface area contributed by atoms with Crippen LogP contribution >= 0.6 is 0 Å². The summed E-state index contributed by atoms with van der Waals surface area (Å²) < 4.78 is 0. The number of hydrogen-bond donors (Lipinski definition) is 2. The van der Waals surface area contributed by atoms with Crippen LogP contribution in [-0.2, 0) is 4.84 Å². The molecule has 0 aliphatic carbocycles. The first-order valence-electron chi connectivity index (χ1n) is 10.1. The van der Waals surface area contributed by atoms with Gasteiger partial charge in [-0.25, -0.2) is 15.0 Å². The van der Waals surface area contributed by atoms with Gasteiger partial charge in [0.1, 0.15) is 24.9 Å². The van der Waals surface area contributed by atoms with Gasteiger partial charge in [-0.05, 0) is 30.3 Å². The smallest absolute Gasteiger partial charge is 0.230 e. The summed E-state index contributed by atoms with van der Waals surface area (Å²) in [6, 6.07) is 8.80. The number of rotatable bonds is 6. The number of hydrogen-bond acceptors (Lipinski definition) is 10. The van der Waals surface area contributed by atoms with Crippen molar-refractivity contribution in [3.8, 4) is 0 Å². The van der Waals surface area contributed by atoms with Crippen molar-refractivity contribution < 1.29 is 9.63 Å². The van der Waals surface area contributed by atoms with E-state index in [9.17, 15) is 4.79 Å². The molecule has 1 saturated heterocycles. The molecule has 0 spiro atoms. The highest BCUT2D eigenvalue weighted by molar-refractivity contribution is 6.02. The number of carbonyl (C=O) groups is 1. The fourth-order valence-electron chi connectivity index (χ4n) is 3.89. The molecular weight excluding hydrogens is 410 g/mol. The molecule has 0 amide bonds. The maximum Gasteiger partial charge on any atom is 0.230 e. The summed E-state index contributed by atoms with van der Waals surface area (Å²) >= 11 is 0. The van der Waals surface area contributed by atoms with Crippen molar-refractivity contribution in [2.45, 2.75) is 12.2 Å². The SMILES string of the molecule is CON1CC(Nc2ccc3cn[nH]c3c2)N(c2ncncn2)C(C(=O)c2cccnc2)C1. The topological polar surface area (TPSA) is 125 Å². The lowest BCUT2D eigenvalue weighted by molar-refractivity contribution is -0.144. The van der Waals surface area contributed by atoms with Crippen LogP contribution in [0.4, 0.5) is 11.6 Å². The standard InChI is InChI=1S/C21H21N9O2/c1-32-29-10-18(20(31)15-3-2-6-22-8-15)30(21-24-12-23-13-25-21)19(11-29)27-16-5-4-14-9-26-28-17(14)7-16/h2-9,12-13,18-19,27H,10-11H2,1H3,(H,26,28). The number of anilines is 2.